The number of carboxylic acids is 2. The second kappa shape index (κ2) is 5.45. The third-order valence-corrected chi connectivity index (χ3v) is 2.46. The van der Waals surface area contributed by atoms with Gasteiger partial charge in [0, 0.05) is 0 Å². The highest BCUT2D eigenvalue weighted by molar-refractivity contribution is 9.10. The molecule has 0 fully saturated rings. The Labute approximate surface area is 108 Å². The molecule has 0 bridgehead atoms. The number of nitro groups is 1. The second-order valence-corrected chi connectivity index (χ2v) is 3.90. The Morgan fingerprint density at radius 3 is 2.44 bits per heavy atom. The topological polar surface area (TPSA) is 127 Å². The summed E-state index contributed by atoms with van der Waals surface area (Å²) in [7, 11) is 0. The fourth-order valence-electron chi connectivity index (χ4n) is 1.11. The minimum absolute atomic E-state index is 0.0347. The van der Waals surface area contributed by atoms with Gasteiger partial charge in [0.2, 0.25) is 0 Å². The number of aliphatic carboxylic acids is 1. The molecule has 1 aromatic rings. The number of ether oxygens (including phenoxy) is 1. The Bertz CT molecular complexity index is 528. The molecule has 9 heteroatoms. The summed E-state index contributed by atoms with van der Waals surface area (Å²) in [4.78, 5) is 31.1. The Morgan fingerprint density at radius 1 is 1.39 bits per heavy atom. The minimum Gasteiger partial charge on any atom is -0.481 e. The minimum atomic E-state index is -1.38. The molecule has 0 radical (unpaired) electrons. The van der Waals surface area contributed by atoms with Crippen LogP contribution in [-0.2, 0) is 4.79 Å². The first-order valence-electron chi connectivity index (χ1n) is 4.38. The van der Waals surface area contributed by atoms with E-state index in [4.69, 9.17) is 14.9 Å². The van der Waals surface area contributed by atoms with Gasteiger partial charge in [-0.3, -0.25) is 10.1 Å². The van der Waals surface area contributed by atoms with Crippen LogP contribution in [0.25, 0.3) is 0 Å². The first-order chi connectivity index (χ1) is 8.32. The highest BCUT2D eigenvalue weighted by atomic mass is 79.9. The molecule has 0 spiro atoms. The molecule has 8 nitrogen and oxygen atoms in total. The molecule has 0 saturated carbocycles. The maximum atomic E-state index is 10.9. The van der Waals surface area contributed by atoms with E-state index in [1.165, 1.54) is 0 Å². The highest BCUT2D eigenvalue weighted by Gasteiger charge is 2.21. The highest BCUT2D eigenvalue weighted by Crippen LogP contribution is 2.32. The molecule has 0 heterocycles. The van der Waals surface area contributed by atoms with Crippen LogP contribution in [-0.4, -0.2) is 33.7 Å². The normalized spacial score (nSPS) is 9.83. The number of carboxylic acid groups (broad SMARTS) is 2. The van der Waals surface area contributed by atoms with E-state index in [2.05, 4.69) is 15.9 Å². The average Bonchev–Trinajstić information content (AvgIpc) is 2.26. The van der Waals surface area contributed by atoms with Crippen molar-refractivity contribution in [2.75, 3.05) is 6.61 Å². The van der Waals surface area contributed by atoms with Gasteiger partial charge in [-0.05, 0) is 22.0 Å². The Morgan fingerprint density at radius 2 is 2.00 bits per heavy atom. The standard InChI is InChI=1S/C9H6BrNO7/c10-5-1-4(9(14)15)7(18-3-8(12)13)2-6(5)11(16)17/h1-2H,3H2,(H,12,13)(H,14,15). The van der Waals surface area contributed by atoms with Crippen molar-refractivity contribution in [1.82, 2.24) is 0 Å². The molecular weight excluding hydrogens is 314 g/mol. The third kappa shape index (κ3) is 3.17. The molecule has 0 saturated heterocycles. The third-order valence-electron chi connectivity index (χ3n) is 1.83. The maximum Gasteiger partial charge on any atom is 0.341 e. The zero-order valence-corrected chi connectivity index (χ0v) is 10.2. The molecule has 96 valence electrons. The van der Waals surface area contributed by atoms with Crippen LogP contribution in [0.1, 0.15) is 10.4 Å². The molecule has 0 aliphatic rings. The summed E-state index contributed by atoms with van der Waals surface area (Å²) < 4.78 is 4.67. The van der Waals surface area contributed by atoms with Crippen LogP contribution >= 0.6 is 15.9 Å². The van der Waals surface area contributed by atoms with E-state index in [0.717, 1.165) is 12.1 Å². The fraction of sp³-hybridized carbons (Fsp3) is 0.111. The van der Waals surface area contributed by atoms with E-state index in [0.29, 0.717) is 0 Å². The number of nitrogens with zero attached hydrogens (tertiary/aromatic N) is 1. The molecular formula is C9H6BrNO7. The van der Waals surface area contributed by atoms with Gasteiger partial charge in [-0.2, -0.15) is 0 Å². The summed E-state index contributed by atoms with van der Waals surface area (Å²) in [6.45, 7) is -0.793. The van der Waals surface area contributed by atoms with Crippen molar-refractivity contribution < 1.29 is 29.5 Å². The summed E-state index contributed by atoms with van der Waals surface area (Å²) in [5.41, 5.74) is -0.783. The number of halogens is 1. The van der Waals surface area contributed by atoms with Gasteiger partial charge in [0.1, 0.15) is 11.3 Å². The van der Waals surface area contributed by atoms with Gasteiger partial charge in [0.25, 0.3) is 5.69 Å². The van der Waals surface area contributed by atoms with Gasteiger partial charge < -0.3 is 14.9 Å². The zero-order valence-electron chi connectivity index (χ0n) is 8.62. The zero-order chi connectivity index (χ0) is 13.9. The lowest BCUT2D eigenvalue weighted by atomic mass is 10.2. The van der Waals surface area contributed by atoms with Crippen molar-refractivity contribution >= 4 is 33.6 Å². The number of benzene rings is 1. The summed E-state index contributed by atoms with van der Waals surface area (Å²) in [5.74, 6) is -3.08. The van der Waals surface area contributed by atoms with Crippen LogP contribution < -0.4 is 4.74 Å². The van der Waals surface area contributed by atoms with E-state index >= 15 is 0 Å². The Hall–Kier alpha value is -2.16. The van der Waals surface area contributed by atoms with Crippen LogP contribution in [0.5, 0.6) is 5.75 Å². The van der Waals surface area contributed by atoms with Crippen molar-refractivity contribution in [1.29, 1.82) is 0 Å². The van der Waals surface area contributed by atoms with Gasteiger partial charge >= 0.3 is 11.9 Å². The summed E-state index contributed by atoms with van der Waals surface area (Å²) >= 11 is 2.85. The lowest BCUT2D eigenvalue weighted by Gasteiger charge is -2.07. The lowest BCUT2D eigenvalue weighted by molar-refractivity contribution is -0.385. The molecule has 1 rings (SSSR count). The molecule has 0 aliphatic heterocycles. The van der Waals surface area contributed by atoms with Crippen LogP contribution in [0.2, 0.25) is 0 Å². The molecule has 0 aliphatic carbocycles. The molecule has 18 heavy (non-hydrogen) atoms. The first kappa shape index (κ1) is 13.9. The van der Waals surface area contributed by atoms with Crippen molar-refractivity contribution in [3.8, 4) is 5.75 Å². The molecule has 0 amide bonds. The van der Waals surface area contributed by atoms with Gasteiger partial charge in [-0.15, -0.1) is 0 Å². The van der Waals surface area contributed by atoms with E-state index in [1.807, 2.05) is 0 Å². The second-order valence-electron chi connectivity index (χ2n) is 3.04. The number of rotatable bonds is 5. The number of hydrogen-bond donors (Lipinski definition) is 2. The van der Waals surface area contributed by atoms with E-state index < -0.39 is 29.2 Å². The number of carbonyl (C=O) groups is 2. The SMILES string of the molecule is O=C(O)COc1cc([N+](=O)[O-])c(Br)cc1C(=O)O. The molecule has 0 atom stereocenters. The smallest absolute Gasteiger partial charge is 0.341 e. The average molecular weight is 320 g/mol. The largest absolute Gasteiger partial charge is 0.481 e. The number of nitro benzene ring substituents is 1. The van der Waals surface area contributed by atoms with E-state index in [-0.39, 0.29) is 15.8 Å². The molecule has 1 aromatic carbocycles. The Kier molecular flexibility index (Phi) is 4.21. The lowest BCUT2D eigenvalue weighted by Crippen LogP contribution is -2.12. The predicted molar refractivity (Wildman–Crippen MR) is 60.9 cm³/mol. The molecule has 0 aromatic heterocycles. The van der Waals surface area contributed by atoms with Crippen molar-refractivity contribution in [3.63, 3.8) is 0 Å². The van der Waals surface area contributed by atoms with Crippen molar-refractivity contribution in [2.24, 2.45) is 0 Å². The Balaban J connectivity index is 3.26. The number of hydrogen-bond acceptors (Lipinski definition) is 5. The summed E-state index contributed by atoms with van der Waals surface area (Å²) in [6.07, 6.45) is 0. The summed E-state index contributed by atoms with van der Waals surface area (Å²) in [6, 6.07) is 1.84. The summed E-state index contributed by atoms with van der Waals surface area (Å²) in [5, 5.41) is 27.9. The predicted octanol–water partition coefficient (Wildman–Crippen LogP) is 1.52. The molecule has 0 unspecified atom stereocenters. The maximum absolute atomic E-state index is 10.9. The molecule has 2 N–H and O–H groups in total. The first-order valence-corrected chi connectivity index (χ1v) is 5.18. The van der Waals surface area contributed by atoms with Crippen LogP contribution in [0.15, 0.2) is 16.6 Å². The van der Waals surface area contributed by atoms with Gasteiger partial charge in [0.15, 0.2) is 6.61 Å². The number of aromatic carboxylic acids is 1. The monoisotopic (exact) mass is 319 g/mol. The van der Waals surface area contributed by atoms with Crippen LogP contribution in [0, 0.1) is 10.1 Å². The van der Waals surface area contributed by atoms with Crippen LogP contribution in [0.3, 0.4) is 0 Å². The quantitative estimate of drug-likeness (QED) is 0.622. The van der Waals surface area contributed by atoms with Crippen molar-refractivity contribution in [3.05, 3.63) is 32.3 Å². The van der Waals surface area contributed by atoms with Gasteiger partial charge in [-0.1, -0.05) is 0 Å². The van der Waals surface area contributed by atoms with Gasteiger partial charge in [-0.25, -0.2) is 9.59 Å². The van der Waals surface area contributed by atoms with Crippen molar-refractivity contribution in [2.45, 2.75) is 0 Å². The fourth-order valence-corrected chi connectivity index (χ4v) is 1.60. The van der Waals surface area contributed by atoms with E-state index in [9.17, 15) is 19.7 Å². The van der Waals surface area contributed by atoms with E-state index in [1.54, 1.807) is 0 Å². The van der Waals surface area contributed by atoms with Crippen LogP contribution in [0.4, 0.5) is 5.69 Å². The van der Waals surface area contributed by atoms with Gasteiger partial charge in [0.05, 0.1) is 15.5 Å².